The molecule has 0 unspecified atom stereocenters. The molecule has 214 valence electrons. The zero-order valence-corrected chi connectivity index (χ0v) is 26.0. The summed E-state index contributed by atoms with van der Waals surface area (Å²) in [6.45, 7) is 11.9. The fourth-order valence-corrected chi connectivity index (χ4v) is 14.7. The van der Waals surface area contributed by atoms with Crippen LogP contribution < -0.4 is 10.4 Å². The first-order chi connectivity index (χ1) is 19.0. The van der Waals surface area contributed by atoms with Crippen molar-refractivity contribution in [2.75, 3.05) is 0 Å². The van der Waals surface area contributed by atoms with Crippen LogP contribution in [0.4, 0.5) is 0 Å². The molecule has 2 aromatic rings. The molecule has 0 bridgehead atoms. The van der Waals surface area contributed by atoms with Gasteiger partial charge in [-0.05, 0) is 83.5 Å². The molecule has 4 fully saturated rings. The lowest BCUT2D eigenvalue weighted by Gasteiger charge is -2.62. The first-order valence-electron chi connectivity index (χ1n) is 15.5. The molecule has 4 aliphatic rings. The van der Waals surface area contributed by atoms with Crippen molar-refractivity contribution in [2.45, 2.75) is 103 Å². The van der Waals surface area contributed by atoms with Crippen molar-refractivity contribution >= 4 is 30.9 Å². The van der Waals surface area contributed by atoms with Crippen LogP contribution in [0.3, 0.4) is 0 Å². The zero-order valence-electron chi connectivity index (χ0n) is 25.0. The van der Waals surface area contributed by atoms with Crippen molar-refractivity contribution in [1.29, 1.82) is 0 Å². The van der Waals surface area contributed by atoms with Crippen LogP contribution in [-0.2, 0) is 18.8 Å². The van der Waals surface area contributed by atoms with Gasteiger partial charge in [-0.25, -0.2) is 0 Å². The van der Waals surface area contributed by atoms with Gasteiger partial charge in [0, 0.05) is 11.8 Å². The summed E-state index contributed by atoms with van der Waals surface area (Å²) < 4.78 is 13.7. The lowest BCUT2D eigenvalue weighted by Crippen LogP contribution is -2.69. The molecule has 0 amide bonds. The second kappa shape index (κ2) is 9.66. The van der Waals surface area contributed by atoms with E-state index in [0.717, 1.165) is 38.4 Å². The van der Waals surface area contributed by atoms with Gasteiger partial charge in [0.25, 0.3) is 8.32 Å². The van der Waals surface area contributed by atoms with Crippen LogP contribution in [0.25, 0.3) is 0 Å². The third-order valence-corrected chi connectivity index (χ3v) is 17.1. The van der Waals surface area contributed by atoms with Gasteiger partial charge in [0.1, 0.15) is 0 Å². The third-order valence-electron chi connectivity index (χ3n) is 12.1. The molecule has 1 saturated heterocycles. The number of hydrogen-bond acceptors (Lipinski definition) is 4. The van der Waals surface area contributed by atoms with E-state index >= 15 is 0 Å². The smallest absolute Gasteiger partial charge is 0.306 e. The maximum Gasteiger partial charge on any atom is 0.306 e. The highest BCUT2D eigenvalue weighted by Crippen LogP contribution is 2.67. The van der Waals surface area contributed by atoms with E-state index in [0.29, 0.717) is 30.6 Å². The van der Waals surface area contributed by atoms with E-state index in [1.807, 2.05) is 0 Å². The molecule has 3 saturated carbocycles. The number of aldehydes is 1. The Labute approximate surface area is 241 Å². The minimum Gasteiger partial charge on any atom is -0.451 e. The standard InChI is InChI=1S/C35H46O4Si/c1-32(2,3)40(25-12-8-6-9-13-25,26-14-10-7-11-15-26)39-30-17-16-28-27-18-23-35(24-36)34(5,22-20-31(37)38-35)29(27)19-21-33(28,30)4/h6-15,24,27-30H,16-23H2,1-5H3/t27-,28+,29-,30-,33-,34+,35-/m0/s1. The Kier molecular flexibility index (Phi) is 6.74. The van der Waals surface area contributed by atoms with Gasteiger partial charge in [-0.15, -0.1) is 0 Å². The number of carbonyl (C=O) groups is 2. The first kappa shape index (κ1) is 27.9. The Morgan fingerprint density at radius 1 is 0.850 bits per heavy atom. The van der Waals surface area contributed by atoms with E-state index in [4.69, 9.17) is 9.16 Å². The summed E-state index contributed by atoms with van der Waals surface area (Å²) in [6, 6.07) is 22.0. The molecule has 2 aromatic carbocycles. The van der Waals surface area contributed by atoms with E-state index in [1.165, 1.54) is 16.8 Å². The Bertz CT molecular complexity index is 1220. The van der Waals surface area contributed by atoms with Crippen LogP contribution in [-0.4, -0.2) is 32.3 Å². The van der Waals surface area contributed by atoms with Gasteiger partial charge in [0.2, 0.25) is 0 Å². The second-order valence-corrected chi connectivity index (χ2v) is 19.0. The number of benzene rings is 2. The van der Waals surface area contributed by atoms with Gasteiger partial charge >= 0.3 is 5.97 Å². The molecular weight excluding hydrogens is 512 g/mol. The molecule has 0 radical (unpaired) electrons. The summed E-state index contributed by atoms with van der Waals surface area (Å²) >= 11 is 0. The highest BCUT2D eigenvalue weighted by Gasteiger charge is 2.67. The summed E-state index contributed by atoms with van der Waals surface area (Å²) in [4.78, 5) is 24.8. The fraction of sp³-hybridized carbons (Fsp3) is 0.600. The Hall–Kier alpha value is -2.24. The Morgan fingerprint density at radius 3 is 2.05 bits per heavy atom. The number of ether oxygens (including phenoxy) is 1. The SMILES string of the molecule is CC(C)(C)[Si](O[C@H]1CC[C@@H]2[C@@H]3CC[C@@]4(C=O)OC(=O)CC[C@]4(C)[C@H]3CC[C@]12C)(c1ccccc1)c1ccccc1. The van der Waals surface area contributed by atoms with Crippen molar-refractivity contribution in [2.24, 2.45) is 28.6 Å². The van der Waals surface area contributed by atoms with Crippen LogP contribution >= 0.6 is 0 Å². The molecule has 0 spiro atoms. The molecule has 1 aliphatic heterocycles. The maximum atomic E-state index is 12.5. The van der Waals surface area contributed by atoms with Gasteiger partial charge in [-0.3, -0.25) is 9.59 Å². The predicted octanol–water partition coefficient (Wildman–Crippen LogP) is 6.45. The summed E-state index contributed by atoms with van der Waals surface area (Å²) in [5, 5.41) is 2.65. The number of esters is 1. The van der Waals surface area contributed by atoms with Gasteiger partial charge in [0.15, 0.2) is 11.9 Å². The van der Waals surface area contributed by atoms with Crippen LogP contribution in [0.1, 0.15) is 86.0 Å². The van der Waals surface area contributed by atoms with E-state index in [1.54, 1.807) is 0 Å². The molecule has 0 N–H and O–H groups in total. The number of carbonyl (C=O) groups excluding carboxylic acids is 2. The quantitative estimate of drug-likeness (QED) is 0.240. The monoisotopic (exact) mass is 558 g/mol. The largest absolute Gasteiger partial charge is 0.451 e. The predicted molar refractivity (Wildman–Crippen MR) is 161 cm³/mol. The van der Waals surface area contributed by atoms with Gasteiger partial charge in [-0.1, -0.05) is 95.3 Å². The molecule has 0 aromatic heterocycles. The van der Waals surface area contributed by atoms with Crippen LogP contribution in [0, 0.1) is 28.6 Å². The lowest BCUT2D eigenvalue weighted by atomic mass is 9.45. The average molecular weight is 559 g/mol. The minimum absolute atomic E-state index is 0.0464. The molecule has 1 heterocycles. The van der Waals surface area contributed by atoms with Crippen molar-refractivity contribution in [1.82, 2.24) is 0 Å². The highest BCUT2D eigenvalue weighted by molar-refractivity contribution is 6.99. The van der Waals surface area contributed by atoms with Gasteiger partial charge in [0.05, 0.1) is 6.10 Å². The van der Waals surface area contributed by atoms with Crippen LogP contribution in [0.5, 0.6) is 0 Å². The number of hydrogen-bond donors (Lipinski definition) is 0. The molecule has 40 heavy (non-hydrogen) atoms. The molecule has 5 heteroatoms. The summed E-state index contributed by atoms with van der Waals surface area (Å²) in [7, 11) is -2.65. The Morgan fingerprint density at radius 2 is 1.48 bits per heavy atom. The second-order valence-electron chi connectivity index (χ2n) is 14.7. The summed E-state index contributed by atoms with van der Waals surface area (Å²) in [5.41, 5.74) is -1.12. The summed E-state index contributed by atoms with van der Waals surface area (Å²) in [6.07, 6.45) is 8.41. The van der Waals surface area contributed by atoms with Gasteiger partial charge in [-0.2, -0.15) is 0 Å². The van der Waals surface area contributed by atoms with Crippen molar-refractivity contribution in [3.63, 3.8) is 0 Å². The Balaban J connectivity index is 1.37. The molecule has 7 atom stereocenters. The maximum absolute atomic E-state index is 12.5. The fourth-order valence-electron chi connectivity index (χ4n) is 9.91. The van der Waals surface area contributed by atoms with Crippen molar-refractivity contribution in [3.8, 4) is 0 Å². The van der Waals surface area contributed by atoms with Crippen molar-refractivity contribution < 1.29 is 18.8 Å². The highest BCUT2D eigenvalue weighted by atomic mass is 28.4. The van der Waals surface area contributed by atoms with E-state index < -0.39 is 13.9 Å². The topological polar surface area (TPSA) is 52.6 Å². The molecule has 6 rings (SSSR count). The van der Waals surface area contributed by atoms with E-state index in [9.17, 15) is 9.59 Å². The minimum atomic E-state index is -2.65. The van der Waals surface area contributed by atoms with E-state index in [-0.39, 0.29) is 27.9 Å². The third kappa shape index (κ3) is 3.86. The normalized spacial score (nSPS) is 37.6. The van der Waals surface area contributed by atoms with Crippen LogP contribution in [0.2, 0.25) is 5.04 Å². The number of fused-ring (bicyclic) bond motifs is 5. The molecule has 4 nitrogen and oxygen atoms in total. The zero-order chi connectivity index (χ0) is 28.4. The molecular formula is C35H46O4Si. The average Bonchev–Trinajstić information content (AvgIpc) is 3.28. The lowest BCUT2D eigenvalue weighted by molar-refractivity contribution is -0.224. The van der Waals surface area contributed by atoms with Crippen molar-refractivity contribution in [3.05, 3.63) is 60.7 Å². The van der Waals surface area contributed by atoms with E-state index in [2.05, 4.69) is 95.3 Å². The van der Waals surface area contributed by atoms with Crippen LogP contribution in [0.15, 0.2) is 60.7 Å². The number of rotatable bonds is 5. The molecule has 3 aliphatic carbocycles. The summed E-state index contributed by atoms with van der Waals surface area (Å²) in [5.74, 6) is 1.31. The first-order valence-corrected chi connectivity index (χ1v) is 17.4. The van der Waals surface area contributed by atoms with Gasteiger partial charge < -0.3 is 9.16 Å².